The Morgan fingerprint density at radius 2 is 1.60 bits per heavy atom. The number of rotatable bonds is 6. The SMILES string of the molecule is CSc1ccc(CNC(=O)C2CCN(c3ccc(N4CCOCC4)nn3)CC2)cc1. The van der Waals surface area contributed by atoms with E-state index in [-0.39, 0.29) is 11.8 Å². The molecular formula is C22H29N5O2S. The number of nitrogens with zero attached hydrogens (tertiary/aromatic N) is 4. The van der Waals surface area contributed by atoms with Gasteiger partial charge in [0.15, 0.2) is 11.6 Å². The number of hydrogen-bond acceptors (Lipinski definition) is 7. The lowest BCUT2D eigenvalue weighted by molar-refractivity contribution is -0.125. The molecule has 0 atom stereocenters. The molecule has 3 heterocycles. The number of ether oxygens (including phenoxy) is 1. The summed E-state index contributed by atoms with van der Waals surface area (Å²) in [5, 5.41) is 11.9. The summed E-state index contributed by atoms with van der Waals surface area (Å²) in [4.78, 5) is 18.2. The van der Waals surface area contributed by atoms with Crippen molar-refractivity contribution in [2.45, 2.75) is 24.3 Å². The molecule has 30 heavy (non-hydrogen) atoms. The molecule has 1 aromatic carbocycles. The standard InChI is InChI=1S/C22H29N5O2S/c1-30-19-4-2-17(3-5-19)16-23-22(28)18-8-10-26(11-9-18)20-6-7-21(25-24-20)27-12-14-29-15-13-27/h2-7,18H,8-16H2,1H3,(H,23,28). The molecule has 8 heteroatoms. The first kappa shape index (κ1) is 20.9. The van der Waals surface area contributed by atoms with Crippen molar-refractivity contribution in [2.75, 3.05) is 55.4 Å². The Kier molecular flexibility index (Phi) is 7.07. The summed E-state index contributed by atoms with van der Waals surface area (Å²) < 4.78 is 5.39. The highest BCUT2D eigenvalue weighted by atomic mass is 32.2. The number of amides is 1. The molecule has 1 aromatic heterocycles. The van der Waals surface area contributed by atoms with E-state index in [4.69, 9.17) is 4.74 Å². The summed E-state index contributed by atoms with van der Waals surface area (Å²) >= 11 is 1.72. The summed E-state index contributed by atoms with van der Waals surface area (Å²) in [7, 11) is 0. The van der Waals surface area contributed by atoms with Crippen LogP contribution in [0.5, 0.6) is 0 Å². The zero-order valence-electron chi connectivity index (χ0n) is 17.4. The van der Waals surface area contributed by atoms with Gasteiger partial charge in [0.05, 0.1) is 13.2 Å². The van der Waals surface area contributed by atoms with Crippen LogP contribution < -0.4 is 15.1 Å². The molecule has 1 N–H and O–H groups in total. The average Bonchev–Trinajstić information content (AvgIpc) is 2.83. The van der Waals surface area contributed by atoms with Crippen molar-refractivity contribution in [2.24, 2.45) is 5.92 Å². The van der Waals surface area contributed by atoms with Gasteiger partial charge >= 0.3 is 0 Å². The van der Waals surface area contributed by atoms with E-state index in [0.717, 1.165) is 69.4 Å². The van der Waals surface area contributed by atoms with Gasteiger partial charge in [-0.15, -0.1) is 22.0 Å². The van der Waals surface area contributed by atoms with E-state index in [9.17, 15) is 4.79 Å². The van der Waals surface area contributed by atoms with Crippen molar-refractivity contribution < 1.29 is 9.53 Å². The van der Waals surface area contributed by atoms with Gasteiger partial charge in [0.2, 0.25) is 5.91 Å². The fourth-order valence-corrected chi connectivity index (χ4v) is 4.30. The maximum Gasteiger partial charge on any atom is 0.223 e. The van der Waals surface area contributed by atoms with Crippen LogP contribution >= 0.6 is 11.8 Å². The van der Waals surface area contributed by atoms with Crippen LogP contribution in [0.15, 0.2) is 41.3 Å². The molecule has 1 amide bonds. The number of hydrogen-bond donors (Lipinski definition) is 1. The van der Waals surface area contributed by atoms with E-state index in [1.165, 1.54) is 4.90 Å². The second-order valence-corrected chi connectivity index (χ2v) is 8.56. The van der Waals surface area contributed by atoms with Gasteiger partial charge in [-0.05, 0) is 48.9 Å². The molecule has 0 spiro atoms. The number of nitrogens with one attached hydrogen (secondary N) is 1. The van der Waals surface area contributed by atoms with Crippen LogP contribution in [0.1, 0.15) is 18.4 Å². The van der Waals surface area contributed by atoms with Gasteiger partial charge in [-0.3, -0.25) is 4.79 Å². The van der Waals surface area contributed by atoms with Crippen molar-refractivity contribution in [1.29, 1.82) is 0 Å². The van der Waals surface area contributed by atoms with E-state index in [1.807, 2.05) is 12.1 Å². The highest BCUT2D eigenvalue weighted by molar-refractivity contribution is 7.98. The van der Waals surface area contributed by atoms with Gasteiger partial charge in [-0.25, -0.2) is 0 Å². The van der Waals surface area contributed by atoms with Crippen molar-refractivity contribution in [1.82, 2.24) is 15.5 Å². The normalized spacial score (nSPS) is 17.8. The third-order valence-corrected chi connectivity index (χ3v) is 6.53. The van der Waals surface area contributed by atoms with Crippen LogP contribution in [-0.4, -0.2) is 61.8 Å². The number of anilines is 2. The van der Waals surface area contributed by atoms with E-state index < -0.39 is 0 Å². The van der Waals surface area contributed by atoms with Crippen LogP contribution in [0.3, 0.4) is 0 Å². The van der Waals surface area contributed by atoms with Crippen LogP contribution in [0, 0.1) is 5.92 Å². The first-order valence-electron chi connectivity index (χ1n) is 10.5. The van der Waals surface area contributed by atoms with Crippen LogP contribution in [0.4, 0.5) is 11.6 Å². The lowest BCUT2D eigenvalue weighted by Gasteiger charge is -2.32. The molecule has 2 aliphatic rings. The number of carbonyl (C=O) groups is 1. The zero-order valence-corrected chi connectivity index (χ0v) is 18.2. The third-order valence-electron chi connectivity index (χ3n) is 5.79. The van der Waals surface area contributed by atoms with Crippen LogP contribution in [-0.2, 0) is 16.1 Å². The quantitative estimate of drug-likeness (QED) is 0.711. The lowest BCUT2D eigenvalue weighted by atomic mass is 9.96. The van der Waals surface area contributed by atoms with E-state index >= 15 is 0 Å². The van der Waals surface area contributed by atoms with Gasteiger partial charge in [0.1, 0.15) is 0 Å². The number of carbonyl (C=O) groups excluding carboxylic acids is 1. The Balaban J connectivity index is 1.24. The number of benzene rings is 1. The predicted molar refractivity (Wildman–Crippen MR) is 120 cm³/mol. The Morgan fingerprint density at radius 3 is 2.17 bits per heavy atom. The summed E-state index contributed by atoms with van der Waals surface area (Å²) in [5.74, 6) is 2.01. The average molecular weight is 428 g/mol. The predicted octanol–water partition coefficient (Wildman–Crippen LogP) is 2.57. The summed E-state index contributed by atoms with van der Waals surface area (Å²) in [6.45, 7) is 5.43. The fraction of sp³-hybridized carbons (Fsp3) is 0.500. The number of piperidine rings is 1. The number of thioether (sulfide) groups is 1. The topological polar surface area (TPSA) is 70.6 Å². The van der Waals surface area contributed by atoms with Crippen LogP contribution in [0.25, 0.3) is 0 Å². The molecule has 7 nitrogen and oxygen atoms in total. The molecule has 0 saturated carbocycles. The molecule has 4 rings (SSSR count). The first-order valence-corrected chi connectivity index (χ1v) is 11.8. The highest BCUT2D eigenvalue weighted by Crippen LogP contribution is 2.23. The Hall–Kier alpha value is -2.32. The molecule has 2 aromatic rings. The third kappa shape index (κ3) is 5.23. The maximum absolute atomic E-state index is 12.6. The minimum atomic E-state index is 0.0623. The minimum Gasteiger partial charge on any atom is -0.378 e. The minimum absolute atomic E-state index is 0.0623. The molecule has 0 bridgehead atoms. The van der Waals surface area contributed by atoms with Gasteiger partial charge in [0, 0.05) is 43.5 Å². The largest absolute Gasteiger partial charge is 0.378 e. The fourth-order valence-electron chi connectivity index (χ4n) is 3.90. The Bertz CT molecular complexity index is 816. The monoisotopic (exact) mass is 427 g/mol. The molecular weight excluding hydrogens is 398 g/mol. The van der Waals surface area contributed by atoms with Crippen molar-refractivity contribution in [3.8, 4) is 0 Å². The van der Waals surface area contributed by atoms with Gasteiger partial charge in [-0.1, -0.05) is 12.1 Å². The van der Waals surface area contributed by atoms with E-state index in [1.54, 1.807) is 11.8 Å². The smallest absolute Gasteiger partial charge is 0.223 e. The molecule has 0 aliphatic carbocycles. The summed E-state index contributed by atoms with van der Waals surface area (Å²) in [6.07, 6.45) is 3.74. The summed E-state index contributed by atoms with van der Waals surface area (Å²) in [6, 6.07) is 12.4. The molecule has 160 valence electrons. The second kappa shape index (κ2) is 10.1. The van der Waals surface area contributed by atoms with E-state index in [0.29, 0.717) is 6.54 Å². The zero-order chi connectivity index (χ0) is 20.8. The lowest BCUT2D eigenvalue weighted by Crippen LogP contribution is -2.41. The first-order chi connectivity index (χ1) is 14.7. The number of morpholine rings is 1. The Morgan fingerprint density at radius 1 is 1.00 bits per heavy atom. The highest BCUT2D eigenvalue weighted by Gasteiger charge is 2.26. The Labute approximate surface area is 182 Å². The molecule has 2 saturated heterocycles. The van der Waals surface area contributed by atoms with Gasteiger partial charge in [0.25, 0.3) is 0 Å². The second-order valence-electron chi connectivity index (χ2n) is 7.68. The molecule has 2 fully saturated rings. The van der Waals surface area contributed by atoms with Crippen LogP contribution in [0.2, 0.25) is 0 Å². The molecule has 0 radical (unpaired) electrons. The van der Waals surface area contributed by atoms with Crippen molar-refractivity contribution in [3.63, 3.8) is 0 Å². The van der Waals surface area contributed by atoms with E-state index in [2.05, 4.69) is 55.8 Å². The summed E-state index contributed by atoms with van der Waals surface area (Å²) in [5.41, 5.74) is 1.13. The number of aromatic nitrogens is 2. The molecule has 2 aliphatic heterocycles. The maximum atomic E-state index is 12.6. The van der Waals surface area contributed by atoms with Gasteiger partial charge < -0.3 is 19.9 Å². The molecule has 0 unspecified atom stereocenters. The van der Waals surface area contributed by atoms with Gasteiger partial charge in [-0.2, -0.15) is 0 Å². The van der Waals surface area contributed by atoms with Crippen molar-refractivity contribution in [3.05, 3.63) is 42.0 Å². The van der Waals surface area contributed by atoms with Crippen molar-refractivity contribution >= 4 is 29.3 Å².